The first-order valence-corrected chi connectivity index (χ1v) is 5.61. The van der Waals surface area contributed by atoms with Crippen LogP contribution in [0.5, 0.6) is 0 Å². The average molecular weight is 248 g/mol. The molecule has 0 radical (unpaired) electrons. The molecule has 0 aromatic heterocycles. The van der Waals surface area contributed by atoms with E-state index in [4.69, 9.17) is 10.3 Å². The summed E-state index contributed by atoms with van der Waals surface area (Å²) in [6.45, 7) is 1.20. The minimum atomic E-state index is -0.461. The van der Waals surface area contributed by atoms with Gasteiger partial charge in [0.15, 0.2) is 0 Å². The second-order valence-corrected chi connectivity index (χ2v) is 4.00. The number of benzene rings is 1. The van der Waals surface area contributed by atoms with Gasteiger partial charge in [-0.3, -0.25) is 0 Å². The molecule has 1 rings (SSSR count). The molecule has 0 heterocycles. The fourth-order valence-electron chi connectivity index (χ4n) is 1.41. The molecule has 0 fully saturated rings. The molecule has 0 aliphatic heterocycles. The van der Waals surface area contributed by atoms with Gasteiger partial charge in [-0.05, 0) is 32.1 Å². The molecule has 0 spiro atoms. The van der Waals surface area contributed by atoms with Crippen LogP contribution >= 0.6 is 0 Å². The third-order valence-electron chi connectivity index (χ3n) is 2.26. The third-order valence-corrected chi connectivity index (χ3v) is 2.26. The summed E-state index contributed by atoms with van der Waals surface area (Å²) in [5.41, 5.74) is 8.98. The summed E-state index contributed by atoms with van der Waals surface area (Å²) in [5, 5.41) is 3.46. The first-order valence-electron chi connectivity index (χ1n) is 5.61. The standard InChI is InChI=1S/C12H16N4O2/c1-16(2)8-5-9-18-12(17)10-6-3-4-7-11(10)14-15-13/h3-4,6-7H,5,8-9H2,1-2H3. The lowest BCUT2D eigenvalue weighted by molar-refractivity contribution is 0.0494. The zero-order valence-corrected chi connectivity index (χ0v) is 10.5. The number of azide groups is 1. The molecule has 1 aromatic rings. The Morgan fingerprint density at radius 1 is 1.44 bits per heavy atom. The van der Waals surface area contributed by atoms with Crippen molar-refractivity contribution in [2.24, 2.45) is 5.11 Å². The second kappa shape index (κ2) is 7.32. The zero-order chi connectivity index (χ0) is 13.4. The molecule has 0 aliphatic rings. The van der Waals surface area contributed by atoms with Crippen LogP contribution in [0.1, 0.15) is 16.8 Å². The zero-order valence-electron chi connectivity index (χ0n) is 10.5. The first kappa shape index (κ1) is 14.0. The van der Waals surface area contributed by atoms with Crippen LogP contribution in [-0.2, 0) is 4.74 Å². The Kier molecular flexibility index (Phi) is 5.70. The molecule has 0 N–H and O–H groups in total. The Labute approximate surface area is 106 Å². The third kappa shape index (κ3) is 4.45. The van der Waals surface area contributed by atoms with Crippen molar-refractivity contribution in [2.75, 3.05) is 27.2 Å². The highest BCUT2D eigenvalue weighted by Crippen LogP contribution is 2.19. The summed E-state index contributed by atoms with van der Waals surface area (Å²) in [5.74, 6) is -0.461. The normalized spacial score (nSPS) is 9.94. The van der Waals surface area contributed by atoms with E-state index in [1.54, 1.807) is 24.3 Å². The van der Waals surface area contributed by atoms with Crippen LogP contribution in [0.3, 0.4) is 0 Å². The van der Waals surface area contributed by atoms with Gasteiger partial charge < -0.3 is 9.64 Å². The molecule has 0 bridgehead atoms. The summed E-state index contributed by atoms with van der Waals surface area (Å²) < 4.78 is 5.12. The van der Waals surface area contributed by atoms with Gasteiger partial charge in [0.25, 0.3) is 0 Å². The van der Waals surface area contributed by atoms with Crippen molar-refractivity contribution in [3.8, 4) is 0 Å². The minimum Gasteiger partial charge on any atom is -0.462 e. The summed E-state index contributed by atoms with van der Waals surface area (Å²) >= 11 is 0. The average Bonchev–Trinajstić information content (AvgIpc) is 2.35. The van der Waals surface area contributed by atoms with Crippen LogP contribution in [0, 0.1) is 0 Å². The molecule has 6 heteroatoms. The SMILES string of the molecule is CN(C)CCCOC(=O)c1ccccc1N=[N+]=[N-]. The first-order chi connectivity index (χ1) is 8.65. The molecule has 96 valence electrons. The van der Waals surface area contributed by atoms with Gasteiger partial charge in [0, 0.05) is 11.5 Å². The van der Waals surface area contributed by atoms with Crippen LogP contribution in [0.15, 0.2) is 29.4 Å². The van der Waals surface area contributed by atoms with Crippen LogP contribution in [0.4, 0.5) is 5.69 Å². The van der Waals surface area contributed by atoms with Crippen molar-refractivity contribution < 1.29 is 9.53 Å². The van der Waals surface area contributed by atoms with E-state index in [2.05, 4.69) is 10.0 Å². The van der Waals surface area contributed by atoms with Crippen molar-refractivity contribution >= 4 is 11.7 Å². The summed E-state index contributed by atoms with van der Waals surface area (Å²) in [7, 11) is 3.91. The maximum atomic E-state index is 11.8. The van der Waals surface area contributed by atoms with Gasteiger partial charge >= 0.3 is 5.97 Å². The molecule has 6 nitrogen and oxygen atoms in total. The Hall–Kier alpha value is -2.04. The van der Waals surface area contributed by atoms with Gasteiger partial charge in [0.05, 0.1) is 17.9 Å². The van der Waals surface area contributed by atoms with Crippen molar-refractivity contribution in [2.45, 2.75) is 6.42 Å². The van der Waals surface area contributed by atoms with Gasteiger partial charge in [0.1, 0.15) is 0 Å². The highest BCUT2D eigenvalue weighted by atomic mass is 16.5. The van der Waals surface area contributed by atoms with Crippen molar-refractivity contribution in [3.05, 3.63) is 40.3 Å². The molecule has 18 heavy (non-hydrogen) atoms. The van der Waals surface area contributed by atoms with Gasteiger partial charge in [-0.15, -0.1) is 0 Å². The van der Waals surface area contributed by atoms with E-state index in [1.807, 2.05) is 19.0 Å². The van der Waals surface area contributed by atoms with Crippen LogP contribution < -0.4 is 0 Å². The van der Waals surface area contributed by atoms with Gasteiger partial charge in [-0.2, -0.15) is 0 Å². The molecule has 0 unspecified atom stereocenters. The Balaban J connectivity index is 2.58. The van der Waals surface area contributed by atoms with Crippen LogP contribution in [0.2, 0.25) is 0 Å². The number of carbonyl (C=O) groups is 1. The Morgan fingerprint density at radius 2 is 2.17 bits per heavy atom. The fraction of sp³-hybridized carbons (Fsp3) is 0.417. The molecule has 1 aromatic carbocycles. The van der Waals surface area contributed by atoms with Crippen LogP contribution in [-0.4, -0.2) is 38.1 Å². The van der Waals surface area contributed by atoms with Gasteiger partial charge in [-0.25, -0.2) is 4.79 Å². The topological polar surface area (TPSA) is 78.3 Å². The molecule has 0 saturated heterocycles. The Bertz CT molecular complexity index is 453. The smallest absolute Gasteiger partial charge is 0.338 e. The number of carbonyl (C=O) groups excluding carboxylic acids is 1. The minimum absolute atomic E-state index is 0.289. The fourth-order valence-corrected chi connectivity index (χ4v) is 1.41. The molecular weight excluding hydrogens is 232 g/mol. The largest absolute Gasteiger partial charge is 0.462 e. The molecule has 0 amide bonds. The Morgan fingerprint density at radius 3 is 2.83 bits per heavy atom. The second-order valence-electron chi connectivity index (χ2n) is 4.00. The highest BCUT2D eigenvalue weighted by molar-refractivity contribution is 5.94. The van der Waals surface area contributed by atoms with E-state index in [0.717, 1.165) is 13.0 Å². The van der Waals surface area contributed by atoms with Crippen LogP contribution in [0.25, 0.3) is 10.4 Å². The lowest BCUT2D eigenvalue weighted by Crippen LogP contribution is -2.16. The van der Waals surface area contributed by atoms with E-state index in [0.29, 0.717) is 12.2 Å². The lowest BCUT2D eigenvalue weighted by atomic mass is 10.2. The highest BCUT2D eigenvalue weighted by Gasteiger charge is 2.10. The molecule has 0 atom stereocenters. The maximum Gasteiger partial charge on any atom is 0.338 e. The quantitative estimate of drug-likeness (QED) is 0.255. The van der Waals surface area contributed by atoms with E-state index >= 15 is 0 Å². The summed E-state index contributed by atoms with van der Waals surface area (Å²) in [6, 6.07) is 6.56. The summed E-state index contributed by atoms with van der Waals surface area (Å²) in [4.78, 5) is 16.5. The predicted molar refractivity (Wildman–Crippen MR) is 68.7 cm³/mol. The number of hydrogen-bond donors (Lipinski definition) is 0. The molecular formula is C12H16N4O2. The van der Waals surface area contributed by atoms with Crippen molar-refractivity contribution in [1.82, 2.24) is 4.90 Å². The molecule has 0 aliphatic carbocycles. The lowest BCUT2D eigenvalue weighted by Gasteiger charge is -2.10. The van der Waals surface area contributed by atoms with Crippen molar-refractivity contribution in [3.63, 3.8) is 0 Å². The van der Waals surface area contributed by atoms with Crippen molar-refractivity contribution in [1.29, 1.82) is 0 Å². The number of hydrogen-bond acceptors (Lipinski definition) is 4. The summed E-state index contributed by atoms with van der Waals surface area (Å²) in [6.07, 6.45) is 0.766. The van der Waals surface area contributed by atoms with Gasteiger partial charge in [-0.1, -0.05) is 23.3 Å². The van der Waals surface area contributed by atoms with E-state index in [1.165, 1.54) is 0 Å². The maximum absolute atomic E-state index is 11.8. The number of esters is 1. The predicted octanol–water partition coefficient (Wildman–Crippen LogP) is 2.74. The van der Waals surface area contributed by atoms with E-state index < -0.39 is 5.97 Å². The monoisotopic (exact) mass is 248 g/mol. The number of nitrogens with zero attached hydrogens (tertiary/aromatic N) is 4. The number of rotatable bonds is 6. The molecule has 0 saturated carbocycles. The van der Waals surface area contributed by atoms with E-state index in [-0.39, 0.29) is 5.69 Å². The van der Waals surface area contributed by atoms with Gasteiger partial charge in [0.2, 0.25) is 0 Å². The number of ether oxygens (including phenoxy) is 1. The van der Waals surface area contributed by atoms with E-state index in [9.17, 15) is 4.79 Å².